The Labute approximate surface area is 125 Å². The van der Waals surface area contributed by atoms with Crippen LogP contribution >= 0.6 is 0 Å². The summed E-state index contributed by atoms with van der Waals surface area (Å²) < 4.78 is 10.4. The summed E-state index contributed by atoms with van der Waals surface area (Å²) >= 11 is 0. The molecule has 0 saturated carbocycles. The highest BCUT2D eigenvalue weighted by molar-refractivity contribution is 5.78. The highest BCUT2D eigenvalue weighted by Gasteiger charge is 2.08. The van der Waals surface area contributed by atoms with Gasteiger partial charge in [0, 0.05) is 6.54 Å². The molecule has 0 unspecified atom stereocenters. The normalized spacial score (nSPS) is 10.3. The first-order chi connectivity index (χ1) is 9.88. The summed E-state index contributed by atoms with van der Waals surface area (Å²) in [7, 11) is 0. The summed E-state index contributed by atoms with van der Waals surface area (Å²) in [6.07, 6.45) is 0.0223. The van der Waals surface area contributed by atoms with Gasteiger partial charge in [-0.25, -0.2) is 0 Å². The molecule has 0 atom stereocenters. The molecule has 0 fully saturated rings. The maximum Gasteiger partial charge on any atom is 0.307 e. The fourth-order valence-corrected chi connectivity index (χ4v) is 1.78. The van der Waals surface area contributed by atoms with Gasteiger partial charge >= 0.3 is 5.97 Å². The number of carbonyl (C=O) groups excluding carboxylic acids is 2. The number of nitrogens with one attached hydrogen (secondary N) is 1. The number of carbonyl (C=O) groups is 2. The maximum absolute atomic E-state index is 11.6. The third-order valence-electron chi connectivity index (χ3n) is 2.71. The zero-order chi connectivity index (χ0) is 15.8. The van der Waals surface area contributed by atoms with Gasteiger partial charge in [-0.15, -0.1) is 0 Å². The lowest BCUT2D eigenvalue weighted by atomic mass is 10.1. The van der Waals surface area contributed by atoms with E-state index in [9.17, 15) is 9.59 Å². The first kappa shape index (κ1) is 17.0. The molecule has 1 rings (SSSR count). The van der Waals surface area contributed by atoms with Crippen LogP contribution in [0.15, 0.2) is 18.2 Å². The van der Waals surface area contributed by atoms with Crippen LogP contribution in [0.1, 0.15) is 31.4 Å². The topological polar surface area (TPSA) is 64.6 Å². The number of rotatable bonds is 7. The molecule has 116 valence electrons. The van der Waals surface area contributed by atoms with Crippen molar-refractivity contribution < 1.29 is 19.1 Å². The average Bonchev–Trinajstić information content (AvgIpc) is 2.36. The molecule has 1 N–H and O–H groups in total. The molecular weight excluding hydrogens is 270 g/mol. The molecule has 0 aliphatic rings. The standard InChI is InChI=1S/C16H23NO4/c1-11(2)21-16(19)7-8-17-15(18)10-20-14-6-5-12(3)9-13(14)4/h5-6,9,11H,7-8,10H2,1-4H3,(H,17,18). The smallest absolute Gasteiger partial charge is 0.307 e. The highest BCUT2D eigenvalue weighted by Crippen LogP contribution is 2.18. The minimum Gasteiger partial charge on any atom is -0.484 e. The molecule has 1 amide bonds. The number of aryl methyl sites for hydroxylation is 2. The molecule has 5 nitrogen and oxygen atoms in total. The van der Waals surface area contributed by atoms with Crippen LogP contribution in [0.25, 0.3) is 0 Å². The second-order valence-corrected chi connectivity index (χ2v) is 5.20. The fourth-order valence-electron chi connectivity index (χ4n) is 1.78. The third-order valence-corrected chi connectivity index (χ3v) is 2.71. The second kappa shape index (κ2) is 8.29. The van der Waals surface area contributed by atoms with Gasteiger partial charge in [-0.05, 0) is 39.3 Å². The Morgan fingerprint density at radius 1 is 1.24 bits per heavy atom. The van der Waals surface area contributed by atoms with Crippen LogP contribution in [0.2, 0.25) is 0 Å². The molecule has 0 heterocycles. The molecule has 0 saturated heterocycles. The van der Waals surface area contributed by atoms with E-state index < -0.39 is 0 Å². The predicted molar refractivity (Wildman–Crippen MR) is 80.3 cm³/mol. The van der Waals surface area contributed by atoms with Crippen molar-refractivity contribution in [2.45, 2.75) is 40.2 Å². The number of hydrogen-bond acceptors (Lipinski definition) is 4. The molecule has 0 aromatic heterocycles. The van der Waals surface area contributed by atoms with Gasteiger partial charge in [0.05, 0.1) is 12.5 Å². The molecule has 1 aromatic carbocycles. The maximum atomic E-state index is 11.6. The summed E-state index contributed by atoms with van der Waals surface area (Å²) in [5, 5.41) is 2.62. The van der Waals surface area contributed by atoms with Crippen LogP contribution in [0.4, 0.5) is 0 Å². The number of ether oxygens (including phenoxy) is 2. The molecular formula is C16H23NO4. The van der Waals surface area contributed by atoms with E-state index in [-0.39, 0.29) is 37.6 Å². The van der Waals surface area contributed by atoms with Crippen LogP contribution in [-0.4, -0.2) is 31.1 Å². The van der Waals surface area contributed by atoms with Gasteiger partial charge in [-0.1, -0.05) is 17.7 Å². The summed E-state index contributed by atoms with van der Waals surface area (Å²) in [5.74, 6) is 0.114. The zero-order valence-electron chi connectivity index (χ0n) is 13.1. The quantitative estimate of drug-likeness (QED) is 0.782. The van der Waals surface area contributed by atoms with E-state index in [1.54, 1.807) is 13.8 Å². The molecule has 1 aromatic rings. The van der Waals surface area contributed by atoms with E-state index >= 15 is 0 Å². The van der Waals surface area contributed by atoms with Crippen molar-refractivity contribution in [3.05, 3.63) is 29.3 Å². The number of benzene rings is 1. The van der Waals surface area contributed by atoms with Gasteiger partial charge < -0.3 is 14.8 Å². The molecule has 0 radical (unpaired) electrons. The SMILES string of the molecule is Cc1ccc(OCC(=O)NCCC(=O)OC(C)C)c(C)c1. The lowest BCUT2D eigenvalue weighted by Crippen LogP contribution is -2.31. The van der Waals surface area contributed by atoms with Gasteiger partial charge in [-0.3, -0.25) is 9.59 Å². The number of esters is 1. The van der Waals surface area contributed by atoms with Crippen LogP contribution in [0.5, 0.6) is 5.75 Å². The zero-order valence-corrected chi connectivity index (χ0v) is 13.1. The number of amides is 1. The van der Waals surface area contributed by atoms with E-state index in [1.165, 1.54) is 0 Å². The Balaban J connectivity index is 2.27. The number of hydrogen-bond donors (Lipinski definition) is 1. The monoisotopic (exact) mass is 293 g/mol. The van der Waals surface area contributed by atoms with Crippen LogP contribution in [0.3, 0.4) is 0 Å². The van der Waals surface area contributed by atoms with Crippen molar-refractivity contribution in [2.75, 3.05) is 13.2 Å². The fraction of sp³-hybridized carbons (Fsp3) is 0.500. The van der Waals surface area contributed by atoms with Crippen molar-refractivity contribution in [2.24, 2.45) is 0 Å². The largest absolute Gasteiger partial charge is 0.484 e. The minimum absolute atomic E-state index is 0.0663. The Bertz CT molecular complexity index is 497. The van der Waals surface area contributed by atoms with Gasteiger partial charge in [0.15, 0.2) is 6.61 Å². The van der Waals surface area contributed by atoms with E-state index in [2.05, 4.69) is 5.32 Å². The molecule has 0 spiro atoms. The summed E-state index contributed by atoms with van der Waals surface area (Å²) in [5.41, 5.74) is 2.14. The van der Waals surface area contributed by atoms with Crippen LogP contribution in [0, 0.1) is 13.8 Å². The van der Waals surface area contributed by atoms with Crippen molar-refractivity contribution in [3.8, 4) is 5.75 Å². The lowest BCUT2D eigenvalue weighted by molar-refractivity contribution is -0.147. The van der Waals surface area contributed by atoms with Gasteiger partial charge in [0.2, 0.25) is 0 Å². The highest BCUT2D eigenvalue weighted by atomic mass is 16.5. The lowest BCUT2D eigenvalue weighted by Gasteiger charge is -2.10. The molecule has 21 heavy (non-hydrogen) atoms. The third kappa shape index (κ3) is 6.79. The Kier molecular flexibility index (Phi) is 6.72. The summed E-state index contributed by atoms with van der Waals surface area (Å²) in [6, 6.07) is 5.77. The van der Waals surface area contributed by atoms with E-state index in [4.69, 9.17) is 9.47 Å². The van der Waals surface area contributed by atoms with Gasteiger partial charge in [0.25, 0.3) is 5.91 Å². The molecule has 0 aliphatic heterocycles. The van der Waals surface area contributed by atoms with Crippen molar-refractivity contribution in [1.29, 1.82) is 0 Å². The Morgan fingerprint density at radius 3 is 2.57 bits per heavy atom. The molecule has 5 heteroatoms. The molecule has 0 bridgehead atoms. The van der Waals surface area contributed by atoms with Gasteiger partial charge in [-0.2, -0.15) is 0 Å². The van der Waals surface area contributed by atoms with E-state index in [0.29, 0.717) is 5.75 Å². The minimum atomic E-state index is -0.319. The Hall–Kier alpha value is -2.04. The van der Waals surface area contributed by atoms with Crippen LogP contribution in [-0.2, 0) is 14.3 Å². The van der Waals surface area contributed by atoms with E-state index in [1.807, 2.05) is 32.0 Å². The van der Waals surface area contributed by atoms with Crippen molar-refractivity contribution >= 4 is 11.9 Å². The Morgan fingerprint density at radius 2 is 1.95 bits per heavy atom. The first-order valence-corrected chi connectivity index (χ1v) is 7.04. The van der Waals surface area contributed by atoms with Crippen molar-refractivity contribution in [3.63, 3.8) is 0 Å². The second-order valence-electron chi connectivity index (χ2n) is 5.20. The summed E-state index contributed by atoms with van der Waals surface area (Å²) in [4.78, 5) is 22.9. The van der Waals surface area contributed by atoms with E-state index in [0.717, 1.165) is 11.1 Å². The molecule has 0 aliphatic carbocycles. The average molecular weight is 293 g/mol. The predicted octanol–water partition coefficient (Wildman–Crippen LogP) is 2.14. The summed E-state index contributed by atoms with van der Waals surface area (Å²) in [6.45, 7) is 7.69. The van der Waals surface area contributed by atoms with Crippen LogP contribution < -0.4 is 10.1 Å². The first-order valence-electron chi connectivity index (χ1n) is 7.04. The van der Waals surface area contributed by atoms with Gasteiger partial charge in [0.1, 0.15) is 5.75 Å². The van der Waals surface area contributed by atoms with Crippen molar-refractivity contribution in [1.82, 2.24) is 5.32 Å².